The molecule has 140 valence electrons. The Hall–Kier alpha value is -3.67. The first-order chi connectivity index (χ1) is 13.6. The molecule has 0 bridgehead atoms. The molecule has 2 N–H and O–H groups in total. The van der Waals surface area contributed by atoms with Crippen molar-refractivity contribution >= 4 is 12.1 Å². The molecule has 6 nitrogen and oxygen atoms in total. The summed E-state index contributed by atoms with van der Waals surface area (Å²) >= 11 is 0. The van der Waals surface area contributed by atoms with Crippen LogP contribution >= 0.6 is 0 Å². The molecule has 1 aliphatic carbocycles. The Morgan fingerprint density at radius 2 is 1.57 bits per heavy atom. The van der Waals surface area contributed by atoms with Crippen molar-refractivity contribution in [3.63, 3.8) is 0 Å². The third-order valence-electron chi connectivity index (χ3n) is 4.84. The van der Waals surface area contributed by atoms with Gasteiger partial charge in [-0.3, -0.25) is 4.98 Å². The lowest BCUT2D eigenvalue weighted by atomic mass is 9.98. The van der Waals surface area contributed by atoms with E-state index < -0.39 is 18.1 Å². The fourth-order valence-electron chi connectivity index (χ4n) is 3.57. The molecule has 1 aliphatic rings. The lowest BCUT2D eigenvalue weighted by molar-refractivity contribution is -0.139. The minimum atomic E-state index is -1.27. The highest BCUT2D eigenvalue weighted by atomic mass is 16.5. The van der Waals surface area contributed by atoms with Crippen molar-refractivity contribution in [1.82, 2.24) is 10.3 Å². The summed E-state index contributed by atoms with van der Waals surface area (Å²) in [6.07, 6.45) is 0.685. The highest BCUT2D eigenvalue weighted by Gasteiger charge is 2.30. The van der Waals surface area contributed by atoms with E-state index in [0.29, 0.717) is 0 Å². The number of hydrogen-bond donors (Lipinski definition) is 2. The minimum Gasteiger partial charge on any atom is -0.479 e. The van der Waals surface area contributed by atoms with Crippen LogP contribution in [-0.4, -0.2) is 28.8 Å². The normalized spacial score (nSPS) is 13.3. The summed E-state index contributed by atoms with van der Waals surface area (Å²) in [5.41, 5.74) is 4.68. The van der Waals surface area contributed by atoms with Crippen LogP contribution in [0.4, 0.5) is 4.79 Å². The van der Waals surface area contributed by atoms with Crippen LogP contribution in [0.25, 0.3) is 11.1 Å². The van der Waals surface area contributed by atoms with Crippen molar-refractivity contribution in [2.24, 2.45) is 0 Å². The number of carboxylic acids is 1. The van der Waals surface area contributed by atoms with Crippen molar-refractivity contribution in [3.8, 4) is 11.1 Å². The number of hydrogen-bond acceptors (Lipinski definition) is 4. The zero-order valence-electron chi connectivity index (χ0n) is 14.9. The topological polar surface area (TPSA) is 88.5 Å². The molecule has 1 aromatic heterocycles. The lowest BCUT2D eigenvalue weighted by Gasteiger charge is -2.17. The number of pyridine rings is 1. The Labute approximate surface area is 161 Å². The second-order valence-electron chi connectivity index (χ2n) is 6.50. The molecule has 4 rings (SSSR count). The van der Waals surface area contributed by atoms with Gasteiger partial charge in [0, 0.05) is 12.1 Å². The molecule has 0 unspecified atom stereocenters. The maximum absolute atomic E-state index is 12.3. The van der Waals surface area contributed by atoms with Crippen LogP contribution in [0.3, 0.4) is 0 Å². The van der Waals surface area contributed by atoms with Crippen LogP contribution in [0.2, 0.25) is 0 Å². The van der Waals surface area contributed by atoms with Crippen molar-refractivity contribution in [2.45, 2.75) is 12.0 Å². The van der Waals surface area contributed by atoms with E-state index in [1.807, 2.05) is 36.4 Å². The first kappa shape index (κ1) is 17.7. The molecule has 3 aromatic rings. The Bertz CT molecular complexity index is 974. The van der Waals surface area contributed by atoms with Gasteiger partial charge in [0.05, 0.1) is 5.69 Å². The number of ether oxygens (including phenoxy) is 1. The van der Waals surface area contributed by atoms with Crippen molar-refractivity contribution < 1.29 is 19.4 Å². The number of aromatic nitrogens is 1. The van der Waals surface area contributed by atoms with Crippen LogP contribution in [0, 0.1) is 0 Å². The van der Waals surface area contributed by atoms with Crippen LogP contribution in [0.5, 0.6) is 0 Å². The molecule has 1 heterocycles. The minimum absolute atomic E-state index is 0.0868. The molecule has 0 radical (unpaired) electrons. The summed E-state index contributed by atoms with van der Waals surface area (Å²) < 4.78 is 5.40. The molecule has 0 spiro atoms. The largest absolute Gasteiger partial charge is 0.479 e. The van der Waals surface area contributed by atoms with Gasteiger partial charge in [-0.05, 0) is 34.4 Å². The van der Waals surface area contributed by atoms with Gasteiger partial charge in [-0.1, -0.05) is 54.6 Å². The Morgan fingerprint density at radius 3 is 2.14 bits per heavy atom. The number of benzene rings is 2. The van der Waals surface area contributed by atoms with Gasteiger partial charge in [0.15, 0.2) is 6.04 Å². The predicted octanol–water partition coefficient (Wildman–Crippen LogP) is 3.75. The van der Waals surface area contributed by atoms with Gasteiger partial charge >= 0.3 is 12.1 Å². The highest BCUT2D eigenvalue weighted by Crippen LogP contribution is 2.44. The third kappa shape index (κ3) is 3.32. The van der Waals surface area contributed by atoms with E-state index in [0.717, 1.165) is 22.3 Å². The molecular formula is C22H18N2O4. The van der Waals surface area contributed by atoms with Crippen molar-refractivity contribution in [2.75, 3.05) is 6.61 Å². The summed E-state index contributed by atoms with van der Waals surface area (Å²) in [6.45, 7) is 0.119. The number of nitrogens with zero attached hydrogens (tertiary/aromatic N) is 1. The summed E-state index contributed by atoms with van der Waals surface area (Å²) in [6, 6.07) is 19.6. The lowest BCUT2D eigenvalue weighted by Crippen LogP contribution is -2.35. The van der Waals surface area contributed by atoms with E-state index in [2.05, 4.69) is 22.4 Å². The fourth-order valence-corrected chi connectivity index (χ4v) is 3.57. The van der Waals surface area contributed by atoms with Gasteiger partial charge in [-0.15, -0.1) is 0 Å². The number of nitrogens with one attached hydrogen (secondary N) is 1. The molecule has 28 heavy (non-hydrogen) atoms. The standard InChI is InChI=1S/C22H18N2O4/c25-21(26)20(19-11-5-6-12-23-19)24-22(27)28-13-18-16-9-3-1-7-14(16)15-8-2-4-10-17(15)18/h1-12,18,20H,13H2,(H,24,27)(H,25,26)/t20-/m1/s1. The first-order valence-electron chi connectivity index (χ1n) is 8.90. The van der Waals surface area contributed by atoms with Gasteiger partial charge in [-0.2, -0.15) is 0 Å². The SMILES string of the molecule is O=C(N[C@@H](C(=O)O)c1ccccn1)OCC1c2ccccc2-c2ccccc21. The summed E-state index contributed by atoms with van der Waals surface area (Å²) in [5, 5.41) is 11.8. The number of carboxylic acid groups (broad SMARTS) is 1. The quantitative estimate of drug-likeness (QED) is 0.710. The molecule has 1 atom stereocenters. The van der Waals surface area contributed by atoms with E-state index in [1.165, 1.54) is 6.20 Å². The number of carbonyl (C=O) groups excluding carboxylic acids is 1. The molecule has 0 saturated carbocycles. The molecule has 6 heteroatoms. The first-order valence-corrected chi connectivity index (χ1v) is 8.90. The van der Waals surface area contributed by atoms with E-state index in [9.17, 15) is 14.7 Å². The molecule has 0 fully saturated rings. The number of carbonyl (C=O) groups is 2. The Morgan fingerprint density at radius 1 is 0.964 bits per heavy atom. The monoisotopic (exact) mass is 374 g/mol. The number of amides is 1. The zero-order chi connectivity index (χ0) is 19.5. The Kier molecular flexibility index (Phi) is 4.76. The van der Waals surface area contributed by atoms with Crippen molar-refractivity contribution in [3.05, 3.63) is 89.7 Å². The predicted molar refractivity (Wildman–Crippen MR) is 103 cm³/mol. The third-order valence-corrected chi connectivity index (χ3v) is 4.84. The summed E-state index contributed by atoms with van der Waals surface area (Å²) in [7, 11) is 0. The molecule has 0 saturated heterocycles. The Balaban J connectivity index is 1.49. The highest BCUT2D eigenvalue weighted by molar-refractivity contribution is 5.81. The number of aliphatic carboxylic acids is 1. The van der Waals surface area contributed by atoms with Gasteiger partial charge in [0.2, 0.25) is 0 Å². The fraction of sp³-hybridized carbons (Fsp3) is 0.136. The molecule has 0 aliphatic heterocycles. The number of rotatable bonds is 5. The zero-order valence-corrected chi connectivity index (χ0v) is 14.9. The second-order valence-corrected chi connectivity index (χ2v) is 6.50. The summed E-state index contributed by atoms with van der Waals surface area (Å²) in [4.78, 5) is 27.8. The maximum Gasteiger partial charge on any atom is 0.408 e. The maximum atomic E-state index is 12.3. The number of fused-ring (bicyclic) bond motifs is 3. The van der Waals surface area contributed by atoms with E-state index in [4.69, 9.17) is 4.74 Å². The van der Waals surface area contributed by atoms with Gasteiger partial charge in [-0.25, -0.2) is 9.59 Å². The average molecular weight is 374 g/mol. The van der Waals surface area contributed by atoms with E-state index >= 15 is 0 Å². The van der Waals surface area contributed by atoms with E-state index in [-0.39, 0.29) is 18.2 Å². The van der Waals surface area contributed by atoms with Crippen LogP contribution in [0.15, 0.2) is 72.9 Å². The van der Waals surface area contributed by atoms with Gasteiger partial charge in [0.25, 0.3) is 0 Å². The van der Waals surface area contributed by atoms with Gasteiger partial charge < -0.3 is 15.2 Å². The smallest absolute Gasteiger partial charge is 0.408 e. The van der Waals surface area contributed by atoms with Crippen LogP contribution in [0.1, 0.15) is 28.8 Å². The van der Waals surface area contributed by atoms with Crippen LogP contribution in [-0.2, 0) is 9.53 Å². The molecule has 1 amide bonds. The van der Waals surface area contributed by atoms with Gasteiger partial charge in [0.1, 0.15) is 6.61 Å². The summed E-state index contributed by atoms with van der Waals surface area (Å²) in [5.74, 6) is -1.29. The molecular weight excluding hydrogens is 356 g/mol. The van der Waals surface area contributed by atoms with Crippen LogP contribution < -0.4 is 5.32 Å². The van der Waals surface area contributed by atoms with E-state index in [1.54, 1.807) is 18.2 Å². The molecule has 2 aromatic carbocycles. The number of alkyl carbamates (subject to hydrolysis) is 1. The van der Waals surface area contributed by atoms with Crippen molar-refractivity contribution in [1.29, 1.82) is 0 Å². The average Bonchev–Trinajstić information content (AvgIpc) is 3.05. The second kappa shape index (κ2) is 7.52.